The number of phenolic OH excluding ortho intramolecular Hbond substituents is 1. The first-order valence-electron chi connectivity index (χ1n) is 7.05. The number of carbonyl (C=O) groups is 1. The van der Waals surface area contributed by atoms with Gasteiger partial charge in [-0.25, -0.2) is 0 Å². The van der Waals surface area contributed by atoms with Crippen LogP contribution in [-0.4, -0.2) is 10.9 Å². The van der Waals surface area contributed by atoms with Gasteiger partial charge in [-0.1, -0.05) is 48.0 Å². The van der Waals surface area contributed by atoms with Crippen LogP contribution in [0.15, 0.2) is 54.6 Å². The zero-order valence-corrected chi connectivity index (χ0v) is 17.3. The maximum absolute atomic E-state index is 12.5. The Morgan fingerprint density at radius 2 is 1.75 bits per heavy atom. The summed E-state index contributed by atoms with van der Waals surface area (Å²) in [5, 5.41) is 12.7. The summed E-state index contributed by atoms with van der Waals surface area (Å²) >= 11 is 10.4. The number of aromatic hydroxyl groups is 1. The number of benzene rings is 3. The van der Waals surface area contributed by atoms with Crippen LogP contribution in [0.3, 0.4) is 0 Å². The molecule has 0 aliphatic rings. The lowest BCUT2D eigenvalue weighted by Gasteiger charge is -2.06. The smallest absolute Gasteiger partial charge is 0.189 e. The molecule has 0 atom stereocenters. The van der Waals surface area contributed by atoms with Gasteiger partial charge in [-0.2, -0.15) is 0 Å². The van der Waals surface area contributed by atoms with E-state index in [9.17, 15) is 9.90 Å². The number of hydrogen-bond donors (Lipinski definition) is 1. The van der Waals surface area contributed by atoms with Gasteiger partial charge in [-0.3, -0.25) is 4.79 Å². The Morgan fingerprint density at radius 3 is 2.50 bits per heavy atom. The fourth-order valence-electron chi connectivity index (χ4n) is 2.44. The molecule has 120 valence electrons. The monoisotopic (exact) mass is 560 g/mol. The number of carbonyl (C=O) groups excluding carboxylic acids is 1. The maximum Gasteiger partial charge on any atom is 0.189 e. The topological polar surface area (TPSA) is 37.3 Å². The number of halogens is 3. The van der Waals surface area contributed by atoms with E-state index in [0.717, 1.165) is 19.9 Å². The molecule has 0 aliphatic heterocycles. The second-order valence-electron chi connectivity index (χ2n) is 5.16. The van der Waals surface area contributed by atoms with Crippen molar-refractivity contribution in [2.45, 2.75) is 0 Å². The molecule has 0 spiro atoms. The zero-order valence-electron chi connectivity index (χ0n) is 12.3. The van der Waals surface area contributed by atoms with Crippen molar-refractivity contribution in [1.29, 1.82) is 0 Å². The molecule has 24 heavy (non-hydrogen) atoms. The van der Waals surface area contributed by atoms with E-state index in [2.05, 4.69) is 22.6 Å². The molecule has 5 heteroatoms. The van der Waals surface area contributed by atoms with Crippen molar-refractivity contribution < 1.29 is 9.90 Å². The molecule has 0 heterocycles. The van der Waals surface area contributed by atoms with Gasteiger partial charge in [0.15, 0.2) is 5.78 Å². The lowest BCUT2D eigenvalue weighted by atomic mass is 10.0. The number of allylic oxidation sites excluding steroid dienone is 1. The summed E-state index contributed by atoms with van der Waals surface area (Å²) in [7, 11) is 0. The number of fused-ring (bicyclic) bond motifs is 1. The average molecular weight is 561 g/mol. The fraction of sp³-hybridized carbons (Fsp3) is 0. The number of ketones is 1. The van der Waals surface area contributed by atoms with Gasteiger partial charge in [-0.05, 0) is 80.4 Å². The second-order valence-corrected chi connectivity index (χ2v) is 7.98. The minimum atomic E-state index is -0.233. The highest BCUT2D eigenvalue weighted by Gasteiger charge is 2.13. The Morgan fingerprint density at radius 1 is 1.04 bits per heavy atom. The molecule has 0 saturated heterocycles. The van der Waals surface area contributed by atoms with E-state index in [1.807, 2.05) is 65.1 Å². The maximum atomic E-state index is 12.5. The van der Waals surface area contributed by atoms with Crippen LogP contribution >= 0.6 is 56.8 Å². The van der Waals surface area contributed by atoms with Gasteiger partial charge in [0.25, 0.3) is 0 Å². The van der Waals surface area contributed by atoms with Crippen LogP contribution in [0, 0.1) is 7.14 Å². The predicted octanol–water partition coefficient (Wildman–Crippen LogP) is 6.30. The van der Waals surface area contributed by atoms with E-state index >= 15 is 0 Å². The fourth-order valence-corrected chi connectivity index (χ4v) is 4.51. The largest absolute Gasteiger partial charge is 0.506 e. The first-order chi connectivity index (χ1) is 11.5. The zero-order chi connectivity index (χ0) is 17.3. The van der Waals surface area contributed by atoms with E-state index in [1.165, 1.54) is 6.08 Å². The van der Waals surface area contributed by atoms with Crippen molar-refractivity contribution in [2.24, 2.45) is 0 Å². The summed E-state index contributed by atoms with van der Waals surface area (Å²) in [4.78, 5) is 12.5. The molecule has 3 aromatic carbocycles. The highest BCUT2D eigenvalue weighted by Crippen LogP contribution is 2.29. The Labute approximate surface area is 171 Å². The Kier molecular flexibility index (Phi) is 5.46. The molecule has 0 amide bonds. The Hall–Kier alpha value is -1.12. The molecule has 0 unspecified atom stereocenters. The van der Waals surface area contributed by atoms with Crippen LogP contribution in [-0.2, 0) is 0 Å². The van der Waals surface area contributed by atoms with Crippen LogP contribution in [0.4, 0.5) is 0 Å². The molecular weight excluding hydrogens is 549 g/mol. The van der Waals surface area contributed by atoms with Crippen LogP contribution in [0.2, 0.25) is 5.02 Å². The second kappa shape index (κ2) is 7.41. The van der Waals surface area contributed by atoms with Gasteiger partial charge < -0.3 is 5.11 Å². The van der Waals surface area contributed by atoms with Crippen molar-refractivity contribution >= 4 is 79.4 Å². The molecule has 0 saturated carbocycles. The van der Waals surface area contributed by atoms with Crippen LogP contribution in [0.25, 0.3) is 16.8 Å². The SMILES string of the molecule is O=C(/C=C/c1ccc(Cl)c2ccccc12)c1cc(I)cc(I)c1O. The molecule has 3 aromatic rings. The first kappa shape index (κ1) is 17.7. The summed E-state index contributed by atoms with van der Waals surface area (Å²) in [5.74, 6) is -0.213. The molecular formula is C19H11ClI2O2. The average Bonchev–Trinajstić information content (AvgIpc) is 2.57. The van der Waals surface area contributed by atoms with Gasteiger partial charge in [-0.15, -0.1) is 0 Å². The third-order valence-corrected chi connectivity index (χ3v) is 5.39. The summed E-state index contributed by atoms with van der Waals surface area (Å²) in [6, 6.07) is 15.0. The van der Waals surface area contributed by atoms with Crippen molar-refractivity contribution in [3.8, 4) is 5.75 Å². The summed E-state index contributed by atoms with van der Waals surface area (Å²) in [6.45, 7) is 0. The molecule has 0 aliphatic carbocycles. The summed E-state index contributed by atoms with van der Waals surface area (Å²) < 4.78 is 1.57. The molecule has 0 fully saturated rings. The quantitative estimate of drug-likeness (QED) is 0.232. The lowest BCUT2D eigenvalue weighted by Crippen LogP contribution is -1.97. The van der Waals surface area contributed by atoms with E-state index in [0.29, 0.717) is 14.2 Å². The van der Waals surface area contributed by atoms with Crippen molar-refractivity contribution in [3.05, 3.63) is 77.9 Å². The summed E-state index contributed by atoms with van der Waals surface area (Å²) in [6.07, 6.45) is 3.24. The predicted molar refractivity (Wildman–Crippen MR) is 116 cm³/mol. The molecule has 0 aromatic heterocycles. The van der Waals surface area contributed by atoms with Gasteiger partial charge in [0.1, 0.15) is 5.75 Å². The first-order valence-corrected chi connectivity index (χ1v) is 9.58. The standard InChI is InChI=1S/C19H11ClI2O2/c20-16-7-5-11(13-3-1-2-4-14(13)16)6-8-18(23)15-9-12(21)10-17(22)19(15)24/h1-10,24H/b8-6+. The minimum absolute atomic E-state index is 0.0200. The van der Waals surface area contributed by atoms with Crippen molar-refractivity contribution in [1.82, 2.24) is 0 Å². The van der Waals surface area contributed by atoms with Gasteiger partial charge in [0.2, 0.25) is 0 Å². The highest BCUT2D eigenvalue weighted by atomic mass is 127. The van der Waals surface area contributed by atoms with E-state index < -0.39 is 0 Å². The normalized spacial score (nSPS) is 11.3. The highest BCUT2D eigenvalue weighted by molar-refractivity contribution is 14.1. The molecule has 0 radical (unpaired) electrons. The van der Waals surface area contributed by atoms with Gasteiger partial charge in [0.05, 0.1) is 9.13 Å². The lowest BCUT2D eigenvalue weighted by molar-refractivity contribution is 0.104. The van der Waals surface area contributed by atoms with E-state index in [1.54, 1.807) is 12.1 Å². The van der Waals surface area contributed by atoms with E-state index in [-0.39, 0.29) is 11.5 Å². The van der Waals surface area contributed by atoms with Gasteiger partial charge >= 0.3 is 0 Å². The molecule has 0 bridgehead atoms. The minimum Gasteiger partial charge on any atom is -0.506 e. The molecule has 2 nitrogen and oxygen atoms in total. The Bertz CT molecular complexity index is 981. The third-order valence-electron chi connectivity index (χ3n) is 3.61. The van der Waals surface area contributed by atoms with Crippen molar-refractivity contribution in [3.63, 3.8) is 0 Å². The third kappa shape index (κ3) is 3.60. The number of hydrogen-bond acceptors (Lipinski definition) is 2. The molecule has 1 N–H and O–H groups in total. The Balaban J connectivity index is 2.00. The van der Waals surface area contributed by atoms with Crippen LogP contribution < -0.4 is 0 Å². The van der Waals surface area contributed by atoms with Crippen LogP contribution in [0.1, 0.15) is 15.9 Å². The van der Waals surface area contributed by atoms with Crippen molar-refractivity contribution in [2.75, 3.05) is 0 Å². The van der Waals surface area contributed by atoms with E-state index in [4.69, 9.17) is 11.6 Å². The van der Waals surface area contributed by atoms with Crippen LogP contribution in [0.5, 0.6) is 5.75 Å². The number of rotatable bonds is 3. The van der Waals surface area contributed by atoms with Gasteiger partial charge in [0, 0.05) is 14.0 Å². The number of phenols is 1. The molecule has 3 rings (SSSR count). The summed E-state index contributed by atoms with van der Waals surface area (Å²) in [5.41, 5.74) is 1.21.